The van der Waals surface area contributed by atoms with Crippen molar-refractivity contribution in [2.45, 2.75) is 44.4 Å². The van der Waals surface area contributed by atoms with Gasteiger partial charge < -0.3 is 4.90 Å². The van der Waals surface area contributed by atoms with E-state index in [4.69, 9.17) is 0 Å². The number of carbonyl (C=O) groups excluding carboxylic acids is 1. The predicted octanol–water partition coefficient (Wildman–Crippen LogP) is 3.43. The Bertz CT molecular complexity index is 793. The van der Waals surface area contributed by atoms with Gasteiger partial charge in [-0.25, -0.2) is 9.97 Å². The van der Waals surface area contributed by atoms with Crippen LogP contribution in [0.3, 0.4) is 0 Å². The van der Waals surface area contributed by atoms with Gasteiger partial charge in [-0.05, 0) is 43.6 Å². The minimum atomic E-state index is 0.346. The molecule has 0 N–H and O–H groups in total. The van der Waals surface area contributed by atoms with Crippen LogP contribution >= 0.6 is 0 Å². The summed E-state index contributed by atoms with van der Waals surface area (Å²) >= 11 is 0. The molecule has 2 saturated carbocycles. The summed E-state index contributed by atoms with van der Waals surface area (Å²) in [6, 6.07) is 4.22. The van der Waals surface area contributed by atoms with Gasteiger partial charge in [-0.3, -0.25) is 9.78 Å². The fourth-order valence-corrected chi connectivity index (χ4v) is 4.76. The second-order valence-corrected chi connectivity index (χ2v) is 8.17. The number of hydrogen-bond acceptors (Lipinski definition) is 4. The molecule has 1 amide bonds. The fourth-order valence-electron chi connectivity index (χ4n) is 4.76. The molecule has 3 aliphatic rings. The first-order valence-electron chi connectivity index (χ1n) is 9.75. The zero-order chi connectivity index (χ0) is 17.6. The summed E-state index contributed by atoms with van der Waals surface area (Å²) < 4.78 is 0. The van der Waals surface area contributed by atoms with Crippen LogP contribution in [-0.4, -0.2) is 38.8 Å². The predicted molar refractivity (Wildman–Crippen MR) is 98.2 cm³/mol. The smallest absolute Gasteiger partial charge is 0.226 e. The molecule has 1 unspecified atom stereocenters. The number of nitrogens with zero attached hydrogens (tertiary/aromatic N) is 4. The molecule has 1 spiro atoms. The number of rotatable bonds is 3. The van der Waals surface area contributed by atoms with E-state index in [1.165, 1.54) is 25.6 Å². The van der Waals surface area contributed by atoms with Crippen molar-refractivity contribution in [3.63, 3.8) is 0 Å². The maximum atomic E-state index is 12.7. The molecule has 2 aromatic rings. The van der Waals surface area contributed by atoms with Gasteiger partial charge in [0.15, 0.2) is 0 Å². The van der Waals surface area contributed by atoms with Gasteiger partial charge in [0.05, 0.1) is 0 Å². The minimum absolute atomic E-state index is 0.346. The Morgan fingerprint density at radius 1 is 1.04 bits per heavy atom. The molecule has 0 aromatic carbocycles. The molecule has 5 nitrogen and oxygen atoms in total. The highest BCUT2D eigenvalue weighted by molar-refractivity contribution is 5.83. The average molecular weight is 348 g/mol. The molecule has 5 heteroatoms. The molecule has 0 bridgehead atoms. The Balaban J connectivity index is 1.20. The summed E-state index contributed by atoms with van der Waals surface area (Å²) in [4.78, 5) is 27.6. The van der Waals surface area contributed by atoms with Gasteiger partial charge in [-0.1, -0.05) is 12.5 Å². The second kappa shape index (κ2) is 6.15. The van der Waals surface area contributed by atoms with E-state index in [1.807, 2.05) is 6.20 Å². The topological polar surface area (TPSA) is 59.0 Å². The molecule has 2 aromatic heterocycles. The van der Waals surface area contributed by atoms with Crippen molar-refractivity contribution in [1.82, 2.24) is 19.9 Å². The summed E-state index contributed by atoms with van der Waals surface area (Å²) in [5, 5.41) is 0. The van der Waals surface area contributed by atoms with Gasteiger partial charge in [0.1, 0.15) is 6.33 Å². The van der Waals surface area contributed by atoms with Gasteiger partial charge in [-0.2, -0.15) is 0 Å². The molecular formula is C21H24N4O. The SMILES string of the molecule is O=C(C1CC12CCC2)N1CCC(c2ccc(-c3cncnc3)cn2)CC1. The van der Waals surface area contributed by atoms with Crippen LogP contribution in [-0.2, 0) is 4.79 Å². The molecular weight excluding hydrogens is 324 g/mol. The first-order chi connectivity index (χ1) is 12.8. The van der Waals surface area contributed by atoms with Crippen molar-refractivity contribution in [3.05, 3.63) is 42.7 Å². The van der Waals surface area contributed by atoms with Gasteiger partial charge in [-0.15, -0.1) is 0 Å². The third kappa shape index (κ3) is 2.70. The normalized spacial score (nSPS) is 24.3. The maximum absolute atomic E-state index is 12.7. The first kappa shape index (κ1) is 15.9. The lowest BCUT2D eigenvalue weighted by Gasteiger charge is -2.34. The van der Waals surface area contributed by atoms with E-state index in [9.17, 15) is 4.79 Å². The molecule has 1 atom stereocenters. The highest BCUT2D eigenvalue weighted by Crippen LogP contribution is 2.66. The number of amides is 1. The van der Waals surface area contributed by atoms with Gasteiger partial charge in [0.2, 0.25) is 5.91 Å². The number of hydrogen-bond donors (Lipinski definition) is 0. The number of likely N-dealkylation sites (tertiary alicyclic amines) is 1. The van der Waals surface area contributed by atoms with Crippen LogP contribution in [0.4, 0.5) is 0 Å². The summed E-state index contributed by atoms with van der Waals surface area (Å²) in [5.74, 6) is 1.23. The van der Waals surface area contributed by atoms with Crippen molar-refractivity contribution in [1.29, 1.82) is 0 Å². The number of carbonyl (C=O) groups is 1. The summed E-state index contributed by atoms with van der Waals surface area (Å²) in [5.41, 5.74) is 3.61. The zero-order valence-corrected chi connectivity index (χ0v) is 15.0. The molecule has 3 heterocycles. The highest BCUT2D eigenvalue weighted by atomic mass is 16.2. The molecule has 3 fully saturated rings. The molecule has 26 heavy (non-hydrogen) atoms. The van der Waals surface area contributed by atoms with Crippen LogP contribution in [0.15, 0.2) is 37.1 Å². The Morgan fingerprint density at radius 2 is 1.81 bits per heavy atom. The fraction of sp³-hybridized carbons (Fsp3) is 0.524. The van der Waals surface area contributed by atoms with E-state index in [2.05, 4.69) is 32.0 Å². The van der Waals surface area contributed by atoms with Crippen LogP contribution in [0.25, 0.3) is 11.1 Å². The summed E-state index contributed by atoms with van der Waals surface area (Å²) in [6.07, 6.45) is 14.1. The third-order valence-corrected chi connectivity index (χ3v) is 6.74. The second-order valence-electron chi connectivity index (χ2n) is 8.17. The standard InChI is InChI=1S/C21H24N4O/c26-20(18-10-21(18)6-1-7-21)25-8-4-15(5-9-25)19-3-2-16(13-24-19)17-11-22-14-23-12-17/h2-3,11-15,18H,1,4-10H2. The Kier molecular flexibility index (Phi) is 3.76. The number of aromatic nitrogens is 3. The van der Waals surface area contributed by atoms with Crippen LogP contribution in [0.5, 0.6) is 0 Å². The Morgan fingerprint density at radius 3 is 2.38 bits per heavy atom. The monoisotopic (exact) mass is 348 g/mol. The van der Waals surface area contributed by atoms with Crippen molar-refractivity contribution in [2.24, 2.45) is 11.3 Å². The van der Waals surface area contributed by atoms with Gasteiger partial charge in [0, 0.05) is 60.3 Å². The molecule has 1 saturated heterocycles. The zero-order valence-electron chi connectivity index (χ0n) is 15.0. The lowest BCUT2D eigenvalue weighted by atomic mass is 9.79. The molecule has 134 valence electrons. The van der Waals surface area contributed by atoms with Crippen molar-refractivity contribution >= 4 is 5.91 Å². The van der Waals surface area contributed by atoms with E-state index in [1.54, 1.807) is 12.4 Å². The van der Waals surface area contributed by atoms with E-state index < -0.39 is 0 Å². The van der Waals surface area contributed by atoms with E-state index in [-0.39, 0.29) is 0 Å². The average Bonchev–Trinajstić information content (AvgIpc) is 3.45. The molecule has 1 aliphatic heterocycles. The van der Waals surface area contributed by atoms with Crippen LogP contribution in [0.1, 0.15) is 50.1 Å². The summed E-state index contributed by atoms with van der Waals surface area (Å²) in [6.45, 7) is 1.76. The number of piperidine rings is 1. The van der Waals surface area contributed by atoms with Gasteiger partial charge in [0.25, 0.3) is 0 Å². The minimum Gasteiger partial charge on any atom is -0.342 e. The lowest BCUT2D eigenvalue weighted by molar-refractivity contribution is -0.135. The van der Waals surface area contributed by atoms with E-state index in [0.29, 0.717) is 23.2 Å². The lowest BCUT2D eigenvalue weighted by Crippen LogP contribution is -2.40. The summed E-state index contributed by atoms with van der Waals surface area (Å²) in [7, 11) is 0. The van der Waals surface area contributed by atoms with Crippen molar-refractivity contribution in [2.75, 3.05) is 13.1 Å². The molecule has 5 rings (SSSR count). The largest absolute Gasteiger partial charge is 0.342 e. The molecule has 2 aliphatic carbocycles. The first-order valence-corrected chi connectivity index (χ1v) is 9.75. The van der Waals surface area contributed by atoms with Gasteiger partial charge >= 0.3 is 0 Å². The highest BCUT2D eigenvalue weighted by Gasteiger charge is 2.61. The van der Waals surface area contributed by atoms with E-state index in [0.717, 1.165) is 49.2 Å². The Labute approximate surface area is 153 Å². The van der Waals surface area contributed by atoms with Crippen LogP contribution < -0.4 is 0 Å². The maximum Gasteiger partial charge on any atom is 0.226 e. The Hall–Kier alpha value is -2.30. The molecule has 0 radical (unpaired) electrons. The van der Waals surface area contributed by atoms with Crippen molar-refractivity contribution < 1.29 is 4.79 Å². The van der Waals surface area contributed by atoms with Crippen LogP contribution in [0, 0.1) is 11.3 Å². The van der Waals surface area contributed by atoms with Crippen molar-refractivity contribution in [3.8, 4) is 11.1 Å². The number of pyridine rings is 1. The van der Waals surface area contributed by atoms with E-state index >= 15 is 0 Å². The van der Waals surface area contributed by atoms with Crippen LogP contribution in [0.2, 0.25) is 0 Å². The quantitative estimate of drug-likeness (QED) is 0.853. The third-order valence-electron chi connectivity index (χ3n) is 6.74.